The SMILES string of the molecule is O=C(NS(=O)(=O)c1ccc(Br)cc1)c1ccc(OCc2cccc(F)c2)cc1. The number of carbonyl (C=O) groups is 1. The number of hydrogen-bond donors (Lipinski definition) is 1. The monoisotopic (exact) mass is 463 g/mol. The van der Waals surface area contributed by atoms with Gasteiger partial charge in [0.1, 0.15) is 18.2 Å². The van der Waals surface area contributed by atoms with E-state index in [-0.39, 0.29) is 22.9 Å². The third kappa shape index (κ3) is 5.17. The minimum absolute atomic E-state index is 0.0147. The van der Waals surface area contributed by atoms with E-state index >= 15 is 0 Å². The van der Waals surface area contributed by atoms with Crippen molar-refractivity contribution in [3.8, 4) is 5.75 Å². The molecule has 0 unspecified atom stereocenters. The fraction of sp³-hybridized carbons (Fsp3) is 0.0500. The first-order chi connectivity index (χ1) is 13.3. The lowest BCUT2D eigenvalue weighted by Gasteiger charge is -2.09. The number of benzene rings is 3. The summed E-state index contributed by atoms with van der Waals surface area (Å²) in [4.78, 5) is 12.2. The number of nitrogens with one attached hydrogen (secondary N) is 1. The van der Waals surface area contributed by atoms with Crippen molar-refractivity contribution in [1.29, 1.82) is 0 Å². The lowest BCUT2D eigenvalue weighted by Crippen LogP contribution is -2.30. The number of sulfonamides is 1. The molecule has 3 rings (SSSR count). The lowest BCUT2D eigenvalue weighted by atomic mass is 10.2. The summed E-state index contributed by atoms with van der Waals surface area (Å²) in [7, 11) is -3.97. The third-order valence-electron chi connectivity index (χ3n) is 3.76. The Kier molecular flexibility index (Phi) is 6.11. The third-order valence-corrected chi connectivity index (χ3v) is 5.64. The zero-order chi connectivity index (χ0) is 20.1. The maximum absolute atomic E-state index is 13.2. The number of carbonyl (C=O) groups excluding carboxylic acids is 1. The Balaban J connectivity index is 1.64. The normalized spacial score (nSPS) is 11.1. The zero-order valence-electron chi connectivity index (χ0n) is 14.4. The largest absolute Gasteiger partial charge is 0.489 e. The van der Waals surface area contributed by atoms with Crippen LogP contribution in [0.5, 0.6) is 5.75 Å². The molecule has 0 radical (unpaired) electrons. The van der Waals surface area contributed by atoms with Crippen molar-refractivity contribution < 1.29 is 22.3 Å². The number of halogens is 2. The van der Waals surface area contributed by atoms with Crippen molar-refractivity contribution in [3.63, 3.8) is 0 Å². The second-order valence-corrected chi connectivity index (χ2v) is 8.43. The van der Waals surface area contributed by atoms with Gasteiger partial charge in [-0.15, -0.1) is 0 Å². The molecule has 1 amide bonds. The maximum atomic E-state index is 13.2. The molecule has 0 heterocycles. The van der Waals surface area contributed by atoms with Gasteiger partial charge >= 0.3 is 0 Å². The Morgan fingerprint density at radius 2 is 1.68 bits per heavy atom. The topological polar surface area (TPSA) is 72.5 Å². The Labute approximate surface area is 170 Å². The van der Waals surface area contributed by atoms with Crippen LogP contribution < -0.4 is 9.46 Å². The summed E-state index contributed by atoms with van der Waals surface area (Å²) in [6.45, 7) is 0.168. The fourth-order valence-electron chi connectivity index (χ4n) is 2.35. The molecule has 0 aliphatic rings. The van der Waals surface area contributed by atoms with Gasteiger partial charge in [0.05, 0.1) is 4.90 Å². The van der Waals surface area contributed by atoms with Gasteiger partial charge in [0.2, 0.25) is 0 Å². The molecule has 3 aromatic rings. The molecule has 0 bridgehead atoms. The first-order valence-electron chi connectivity index (χ1n) is 8.13. The molecule has 8 heteroatoms. The molecule has 0 saturated carbocycles. The van der Waals surface area contributed by atoms with Crippen LogP contribution in [0.4, 0.5) is 4.39 Å². The summed E-state index contributed by atoms with van der Waals surface area (Å²) in [5.41, 5.74) is 0.834. The number of rotatable bonds is 6. The van der Waals surface area contributed by atoms with Crippen molar-refractivity contribution in [2.75, 3.05) is 0 Å². The molecule has 0 aliphatic heterocycles. The Bertz CT molecular complexity index is 1080. The van der Waals surface area contributed by atoms with E-state index in [1.165, 1.54) is 36.4 Å². The van der Waals surface area contributed by atoms with Gasteiger partial charge in [0.15, 0.2) is 0 Å². The molecule has 28 heavy (non-hydrogen) atoms. The van der Waals surface area contributed by atoms with Crippen molar-refractivity contribution in [2.45, 2.75) is 11.5 Å². The standard InChI is InChI=1S/C20H15BrFNO4S/c21-16-6-10-19(11-7-16)28(25,26)23-20(24)15-4-8-18(9-5-15)27-13-14-2-1-3-17(22)12-14/h1-12H,13H2,(H,23,24). The van der Waals surface area contributed by atoms with Crippen LogP contribution in [0.2, 0.25) is 0 Å². The van der Waals surface area contributed by atoms with Gasteiger partial charge < -0.3 is 4.74 Å². The molecule has 0 saturated heterocycles. The lowest BCUT2D eigenvalue weighted by molar-refractivity contribution is 0.0981. The highest BCUT2D eigenvalue weighted by Gasteiger charge is 2.18. The highest BCUT2D eigenvalue weighted by atomic mass is 79.9. The van der Waals surface area contributed by atoms with Crippen molar-refractivity contribution in [3.05, 3.63) is 94.2 Å². The molecule has 0 fully saturated rings. The molecule has 0 atom stereocenters. The molecule has 0 aromatic heterocycles. The summed E-state index contributed by atoms with van der Waals surface area (Å²) in [6, 6.07) is 18.0. The Morgan fingerprint density at radius 1 is 1.00 bits per heavy atom. The van der Waals surface area contributed by atoms with E-state index < -0.39 is 15.9 Å². The van der Waals surface area contributed by atoms with Gasteiger partial charge in [-0.3, -0.25) is 4.79 Å². The number of amides is 1. The smallest absolute Gasteiger partial charge is 0.265 e. The zero-order valence-corrected chi connectivity index (χ0v) is 16.8. The van der Waals surface area contributed by atoms with Gasteiger partial charge in [-0.25, -0.2) is 17.5 Å². The van der Waals surface area contributed by atoms with Gasteiger partial charge in [0.25, 0.3) is 15.9 Å². The van der Waals surface area contributed by atoms with Crippen LogP contribution in [-0.4, -0.2) is 14.3 Å². The minimum Gasteiger partial charge on any atom is -0.489 e. The average Bonchev–Trinajstić information content (AvgIpc) is 2.67. The summed E-state index contributed by atoms with van der Waals surface area (Å²) in [5, 5.41) is 0. The van der Waals surface area contributed by atoms with E-state index in [0.29, 0.717) is 11.3 Å². The molecular weight excluding hydrogens is 449 g/mol. The van der Waals surface area contributed by atoms with E-state index in [1.54, 1.807) is 36.4 Å². The van der Waals surface area contributed by atoms with Crippen LogP contribution >= 0.6 is 15.9 Å². The van der Waals surface area contributed by atoms with E-state index in [4.69, 9.17) is 4.74 Å². The van der Waals surface area contributed by atoms with Crippen molar-refractivity contribution >= 4 is 31.9 Å². The Hall–Kier alpha value is -2.71. The van der Waals surface area contributed by atoms with E-state index in [9.17, 15) is 17.6 Å². The molecule has 3 aromatic carbocycles. The quantitative estimate of drug-likeness (QED) is 0.591. The predicted molar refractivity (Wildman–Crippen MR) is 106 cm³/mol. The molecule has 144 valence electrons. The molecule has 0 spiro atoms. The van der Waals surface area contributed by atoms with Crippen LogP contribution in [0.15, 0.2) is 82.2 Å². The van der Waals surface area contributed by atoms with Crippen molar-refractivity contribution in [1.82, 2.24) is 4.72 Å². The van der Waals surface area contributed by atoms with Gasteiger partial charge in [0, 0.05) is 10.0 Å². The maximum Gasteiger partial charge on any atom is 0.265 e. The summed E-state index contributed by atoms with van der Waals surface area (Å²) >= 11 is 3.22. The van der Waals surface area contributed by atoms with Gasteiger partial charge in [-0.2, -0.15) is 0 Å². The first-order valence-corrected chi connectivity index (χ1v) is 10.4. The second-order valence-electron chi connectivity index (χ2n) is 5.83. The van der Waals surface area contributed by atoms with Gasteiger partial charge in [-0.05, 0) is 66.2 Å². The first kappa shape index (κ1) is 20.0. The fourth-order valence-corrected chi connectivity index (χ4v) is 3.59. The average molecular weight is 464 g/mol. The summed E-state index contributed by atoms with van der Waals surface area (Å²) < 4.78 is 46.0. The van der Waals surface area contributed by atoms with Crippen LogP contribution in [-0.2, 0) is 16.6 Å². The molecule has 5 nitrogen and oxygen atoms in total. The van der Waals surface area contributed by atoms with Gasteiger partial charge in [-0.1, -0.05) is 28.1 Å². The summed E-state index contributed by atoms with van der Waals surface area (Å²) in [6.07, 6.45) is 0. The minimum atomic E-state index is -3.97. The van der Waals surface area contributed by atoms with E-state index in [2.05, 4.69) is 15.9 Å². The van der Waals surface area contributed by atoms with Crippen LogP contribution in [0.25, 0.3) is 0 Å². The summed E-state index contributed by atoms with van der Waals surface area (Å²) in [5.74, 6) is -0.628. The number of hydrogen-bond acceptors (Lipinski definition) is 4. The van der Waals surface area contributed by atoms with E-state index in [0.717, 1.165) is 4.47 Å². The van der Waals surface area contributed by atoms with Crippen molar-refractivity contribution in [2.24, 2.45) is 0 Å². The van der Waals surface area contributed by atoms with E-state index in [1.807, 2.05) is 4.72 Å². The predicted octanol–water partition coefficient (Wildman–Crippen LogP) is 4.29. The second kappa shape index (κ2) is 8.53. The van der Waals surface area contributed by atoms with Crippen LogP contribution in [0.3, 0.4) is 0 Å². The highest BCUT2D eigenvalue weighted by molar-refractivity contribution is 9.10. The molecular formula is C20H15BrFNO4S. The van der Waals surface area contributed by atoms with Crippen LogP contribution in [0.1, 0.15) is 15.9 Å². The molecule has 1 N–H and O–H groups in total. The Morgan fingerprint density at radius 3 is 2.32 bits per heavy atom. The number of ether oxygens (including phenoxy) is 1. The highest BCUT2D eigenvalue weighted by Crippen LogP contribution is 2.17. The van der Waals surface area contributed by atoms with Crippen LogP contribution in [0, 0.1) is 5.82 Å². The molecule has 0 aliphatic carbocycles.